The van der Waals surface area contributed by atoms with E-state index in [0.29, 0.717) is 6.42 Å². The van der Waals surface area contributed by atoms with Crippen LogP contribution in [0.4, 0.5) is 26.3 Å². The number of aliphatic hydroxyl groups is 1. The number of halogens is 6. The number of rotatable bonds is 2. The second-order valence-electron chi connectivity index (χ2n) is 6.33. The molecule has 0 aromatic heterocycles. The fourth-order valence-corrected chi connectivity index (χ4v) is 3.56. The van der Waals surface area contributed by atoms with Crippen LogP contribution >= 0.6 is 0 Å². The zero-order valence-electron chi connectivity index (χ0n) is 12.3. The van der Waals surface area contributed by atoms with Crippen LogP contribution in [0.2, 0.25) is 0 Å². The van der Waals surface area contributed by atoms with Gasteiger partial charge < -0.3 is 10.0 Å². The van der Waals surface area contributed by atoms with Crippen molar-refractivity contribution in [1.82, 2.24) is 4.90 Å². The number of hydrogen-bond acceptors (Lipinski definition) is 2. The molecule has 1 aliphatic carbocycles. The predicted octanol–water partition coefficient (Wildman–Crippen LogP) is 3.27. The summed E-state index contributed by atoms with van der Waals surface area (Å²) in [6.07, 6.45) is -11.6. The summed E-state index contributed by atoms with van der Waals surface area (Å²) < 4.78 is 76.4. The minimum Gasteiger partial charge on any atom is -0.382 e. The summed E-state index contributed by atoms with van der Waals surface area (Å²) >= 11 is 0. The largest absolute Gasteiger partial charge is 0.416 e. The van der Waals surface area contributed by atoms with Crippen molar-refractivity contribution in [3.63, 3.8) is 0 Å². The van der Waals surface area contributed by atoms with Crippen LogP contribution in [0.15, 0.2) is 0 Å². The molecule has 23 heavy (non-hydrogen) atoms. The summed E-state index contributed by atoms with van der Waals surface area (Å²) in [5.41, 5.74) is 0. The Bertz CT molecular complexity index is 436. The van der Waals surface area contributed by atoms with E-state index < -0.39 is 42.2 Å². The van der Waals surface area contributed by atoms with E-state index in [1.807, 2.05) is 0 Å². The van der Waals surface area contributed by atoms with Gasteiger partial charge in [-0.05, 0) is 32.1 Å². The number of amides is 1. The standard InChI is InChI=1S/C14H19F6NO2/c15-13(16,17)9-4-1-3-8(7-9)12(23)21-6-2-5-10(21)11(22)14(18,19)20/h8-11,22H,1-7H2/t8-,9+,10+,11+/m1/s1. The third kappa shape index (κ3) is 4.10. The Balaban J connectivity index is 2.07. The number of carbonyl (C=O) groups excluding carboxylic acids is 1. The molecule has 1 aliphatic heterocycles. The molecule has 4 atom stereocenters. The maximum absolute atomic E-state index is 12.8. The number of carbonyl (C=O) groups is 1. The smallest absolute Gasteiger partial charge is 0.382 e. The molecule has 2 fully saturated rings. The summed E-state index contributed by atoms with van der Waals surface area (Å²) in [4.78, 5) is 13.3. The van der Waals surface area contributed by atoms with Gasteiger partial charge in [-0.15, -0.1) is 0 Å². The van der Waals surface area contributed by atoms with Crippen molar-refractivity contribution in [2.75, 3.05) is 6.54 Å². The van der Waals surface area contributed by atoms with E-state index in [1.54, 1.807) is 0 Å². The van der Waals surface area contributed by atoms with E-state index in [2.05, 4.69) is 0 Å². The maximum Gasteiger partial charge on any atom is 0.416 e. The van der Waals surface area contributed by atoms with Gasteiger partial charge in [0.25, 0.3) is 0 Å². The van der Waals surface area contributed by atoms with Gasteiger partial charge in [-0.25, -0.2) is 0 Å². The number of likely N-dealkylation sites (tertiary alicyclic amines) is 1. The van der Waals surface area contributed by atoms with E-state index in [1.165, 1.54) is 0 Å². The first kappa shape index (κ1) is 18.4. The van der Waals surface area contributed by atoms with Gasteiger partial charge >= 0.3 is 12.4 Å². The number of alkyl halides is 6. The van der Waals surface area contributed by atoms with E-state index in [-0.39, 0.29) is 38.6 Å². The molecule has 2 rings (SSSR count). The van der Waals surface area contributed by atoms with E-state index >= 15 is 0 Å². The van der Waals surface area contributed by atoms with Crippen molar-refractivity contribution >= 4 is 5.91 Å². The predicted molar refractivity (Wildman–Crippen MR) is 68.3 cm³/mol. The molecule has 9 heteroatoms. The van der Waals surface area contributed by atoms with E-state index in [4.69, 9.17) is 0 Å². The van der Waals surface area contributed by atoms with Crippen molar-refractivity contribution in [3.8, 4) is 0 Å². The summed E-state index contributed by atoms with van der Waals surface area (Å²) in [5, 5.41) is 9.39. The second-order valence-corrected chi connectivity index (χ2v) is 6.33. The third-order valence-electron chi connectivity index (χ3n) is 4.77. The molecule has 1 amide bonds. The molecule has 1 saturated heterocycles. The van der Waals surface area contributed by atoms with Crippen LogP contribution in [-0.4, -0.2) is 47.0 Å². The topological polar surface area (TPSA) is 40.5 Å². The Kier molecular flexibility index (Phi) is 5.18. The minimum absolute atomic E-state index is 0.00182. The van der Waals surface area contributed by atoms with Crippen LogP contribution in [0.3, 0.4) is 0 Å². The number of aliphatic hydroxyl groups excluding tert-OH is 1. The van der Waals surface area contributed by atoms with Crippen LogP contribution in [0, 0.1) is 11.8 Å². The fourth-order valence-electron chi connectivity index (χ4n) is 3.56. The first-order valence-corrected chi connectivity index (χ1v) is 7.63. The lowest BCUT2D eigenvalue weighted by Gasteiger charge is -2.35. The first-order valence-electron chi connectivity index (χ1n) is 7.63. The SMILES string of the molecule is O=C([C@@H]1CCC[C@H](C(F)(F)F)C1)N1CCC[C@H]1[C@H](O)C(F)(F)F. The summed E-state index contributed by atoms with van der Waals surface area (Å²) in [5.74, 6) is -3.19. The average Bonchev–Trinajstić information content (AvgIpc) is 2.93. The molecule has 0 bridgehead atoms. The molecule has 0 aromatic rings. The molecular weight excluding hydrogens is 328 g/mol. The Morgan fingerprint density at radius 3 is 2.26 bits per heavy atom. The van der Waals surface area contributed by atoms with Gasteiger partial charge in [0.15, 0.2) is 6.10 Å². The average molecular weight is 347 g/mol. The third-order valence-corrected chi connectivity index (χ3v) is 4.77. The Hall–Kier alpha value is -0.990. The maximum atomic E-state index is 12.8. The molecule has 0 unspecified atom stereocenters. The van der Waals surface area contributed by atoms with Crippen molar-refractivity contribution in [2.45, 2.75) is 63.0 Å². The summed E-state index contributed by atoms with van der Waals surface area (Å²) in [6, 6.07) is -1.39. The molecule has 1 heterocycles. The Labute approximate surface area is 129 Å². The highest BCUT2D eigenvalue weighted by atomic mass is 19.4. The molecule has 0 radical (unpaired) electrons. The highest BCUT2D eigenvalue weighted by Crippen LogP contribution is 2.41. The number of nitrogens with zero attached hydrogens (tertiary/aromatic N) is 1. The van der Waals surface area contributed by atoms with Crippen molar-refractivity contribution in [3.05, 3.63) is 0 Å². The van der Waals surface area contributed by atoms with Gasteiger partial charge in [-0.3, -0.25) is 4.79 Å². The molecule has 134 valence electrons. The minimum atomic E-state index is -4.85. The monoisotopic (exact) mass is 347 g/mol. The van der Waals surface area contributed by atoms with Crippen molar-refractivity contribution < 1.29 is 36.2 Å². The van der Waals surface area contributed by atoms with Gasteiger partial charge in [0.2, 0.25) is 5.91 Å². The van der Waals surface area contributed by atoms with Crippen LogP contribution in [-0.2, 0) is 4.79 Å². The van der Waals surface area contributed by atoms with Crippen LogP contribution in [0.5, 0.6) is 0 Å². The molecule has 1 N–H and O–H groups in total. The quantitative estimate of drug-likeness (QED) is 0.779. The first-order chi connectivity index (χ1) is 10.5. The number of hydrogen-bond donors (Lipinski definition) is 1. The zero-order chi connectivity index (χ0) is 17.4. The highest BCUT2D eigenvalue weighted by molar-refractivity contribution is 5.79. The Morgan fingerprint density at radius 2 is 1.70 bits per heavy atom. The van der Waals surface area contributed by atoms with Gasteiger partial charge in [0.1, 0.15) is 0 Å². The van der Waals surface area contributed by atoms with E-state index in [9.17, 15) is 36.2 Å². The van der Waals surface area contributed by atoms with Gasteiger partial charge in [0, 0.05) is 12.5 Å². The molecule has 3 nitrogen and oxygen atoms in total. The van der Waals surface area contributed by atoms with E-state index in [0.717, 1.165) is 4.90 Å². The van der Waals surface area contributed by atoms with Gasteiger partial charge in [0.05, 0.1) is 12.0 Å². The zero-order valence-corrected chi connectivity index (χ0v) is 12.3. The lowest BCUT2D eigenvalue weighted by Crippen LogP contribution is -2.51. The molecular formula is C14H19F6NO2. The van der Waals surface area contributed by atoms with Gasteiger partial charge in [-0.2, -0.15) is 26.3 Å². The summed E-state index contributed by atoms with van der Waals surface area (Å²) in [7, 11) is 0. The second kappa shape index (κ2) is 6.49. The van der Waals surface area contributed by atoms with Crippen LogP contribution in [0.1, 0.15) is 38.5 Å². The molecule has 0 spiro atoms. The van der Waals surface area contributed by atoms with Crippen LogP contribution in [0.25, 0.3) is 0 Å². The highest BCUT2D eigenvalue weighted by Gasteiger charge is 2.50. The lowest BCUT2D eigenvalue weighted by molar-refractivity contribution is -0.219. The summed E-state index contributed by atoms with van der Waals surface area (Å²) in [6.45, 7) is 0.0455. The van der Waals surface area contributed by atoms with Crippen molar-refractivity contribution in [1.29, 1.82) is 0 Å². The molecule has 2 aliphatic rings. The van der Waals surface area contributed by atoms with Crippen LogP contribution < -0.4 is 0 Å². The van der Waals surface area contributed by atoms with Crippen molar-refractivity contribution in [2.24, 2.45) is 11.8 Å². The Morgan fingerprint density at radius 1 is 1.04 bits per heavy atom. The van der Waals surface area contributed by atoms with Gasteiger partial charge in [-0.1, -0.05) is 6.42 Å². The lowest BCUT2D eigenvalue weighted by atomic mass is 9.80. The normalized spacial score (nSPS) is 31.3. The fraction of sp³-hybridized carbons (Fsp3) is 0.929. The molecule has 1 saturated carbocycles. The molecule has 0 aromatic carbocycles.